The molecule has 22 heavy (non-hydrogen) atoms. The van der Waals surface area contributed by atoms with Crippen LogP contribution in [0.25, 0.3) is 11.4 Å². The quantitative estimate of drug-likeness (QED) is 0.726. The van der Waals surface area contributed by atoms with Gasteiger partial charge >= 0.3 is 0 Å². The first-order valence-electron chi connectivity index (χ1n) is 6.45. The average Bonchev–Trinajstić information content (AvgIpc) is 3.16. The van der Waals surface area contributed by atoms with Crippen molar-refractivity contribution in [1.82, 2.24) is 24.9 Å². The first-order chi connectivity index (χ1) is 10.6. The van der Waals surface area contributed by atoms with Crippen molar-refractivity contribution in [3.63, 3.8) is 0 Å². The Morgan fingerprint density at radius 1 is 1.32 bits per heavy atom. The molecule has 2 heterocycles. The zero-order valence-electron chi connectivity index (χ0n) is 11.3. The van der Waals surface area contributed by atoms with E-state index >= 15 is 0 Å². The fourth-order valence-corrected chi connectivity index (χ4v) is 2.09. The summed E-state index contributed by atoms with van der Waals surface area (Å²) >= 11 is 3.60. The number of thiol groups is 1. The number of nitrogens with zero attached hydrogens (tertiary/aromatic N) is 4. The predicted molar refractivity (Wildman–Crippen MR) is 81.9 cm³/mol. The van der Waals surface area contributed by atoms with E-state index in [1.807, 2.05) is 12.1 Å². The molecule has 2 aromatic heterocycles. The molecule has 3 rings (SSSR count). The van der Waals surface area contributed by atoms with Gasteiger partial charge in [0.05, 0.1) is 24.1 Å². The molecule has 0 aliphatic heterocycles. The maximum atomic E-state index is 14.2. The minimum atomic E-state index is -0.448. The summed E-state index contributed by atoms with van der Waals surface area (Å²) in [5.41, 5.74) is 1.55. The molecule has 112 valence electrons. The third kappa shape index (κ3) is 3.01. The Morgan fingerprint density at radius 2 is 2.09 bits per heavy atom. The number of amides is 1. The monoisotopic (exact) mass is 317 g/mol. The molecule has 0 saturated carbocycles. The minimum absolute atomic E-state index is 0.215. The number of carbonyl (C=O) groups is 1. The molecule has 1 N–H and O–H groups in total. The van der Waals surface area contributed by atoms with E-state index in [0.717, 1.165) is 0 Å². The number of rotatable bonds is 4. The van der Waals surface area contributed by atoms with E-state index in [-0.39, 0.29) is 12.4 Å². The highest BCUT2D eigenvalue weighted by Crippen LogP contribution is 2.17. The van der Waals surface area contributed by atoms with Crippen molar-refractivity contribution < 1.29 is 9.18 Å². The number of hydrogen-bond acceptors (Lipinski definition) is 3. The van der Waals surface area contributed by atoms with Gasteiger partial charge < -0.3 is 9.88 Å². The Labute approximate surface area is 131 Å². The highest BCUT2D eigenvalue weighted by Gasteiger charge is 2.08. The van der Waals surface area contributed by atoms with E-state index in [1.165, 1.54) is 10.7 Å². The lowest BCUT2D eigenvalue weighted by Crippen LogP contribution is -2.15. The fraction of sp³-hybridized carbons (Fsp3) is 0.0714. The van der Waals surface area contributed by atoms with Crippen molar-refractivity contribution >= 4 is 17.9 Å². The van der Waals surface area contributed by atoms with E-state index in [4.69, 9.17) is 0 Å². The Kier molecular flexibility index (Phi) is 3.92. The smallest absolute Gasteiger partial charge is 0.276 e. The van der Waals surface area contributed by atoms with Gasteiger partial charge in [-0.1, -0.05) is 17.8 Å². The third-order valence-electron chi connectivity index (χ3n) is 3.04. The molecule has 0 radical (unpaired) electrons. The molecule has 1 amide bonds. The Balaban J connectivity index is 1.84. The minimum Gasteiger partial charge on any atom is -0.341 e. The van der Waals surface area contributed by atoms with Crippen LogP contribution in [0.5, 0.6) is 0 Å². The number of hydrogen-bond donors (Lipinski definition) is 2. The first-order valence-corrected chi connectivity index (χ1v) is 6.89. The van der Waals surface area contributed by atoms with E-state index in [9.17, 15) is 9.18 Å². The lowest BCUT2D eigenvalue weighted by molar-refractivity contribution is 0.260. The summed E-state index contributed by atoms with van der Waals surface area (Å²) in [6, 6.07) is 8.44. The summed E-state index contributed by atoms with van der Waals surface area (Å²) in [4.78, 5) is 10.7. The van der Waals surface area contributed by atoms with Crippen molar-refractivity contribution in [2.75, 3.05) is 0 Å². The van der Waals surface area contributed by atoms with Gasteiger partial charge in [0.25, 0.3) is 5.24 Å². The van der Waals surface area contributed by atoms with Gasteiger partial charge in [-0.15, -0.1) is 5.10 Å². The Bertz CT molecular complexity index is 799. The van der Waals surface area contributed by atoms with Crippen molar-refractivity contribution in [2.24, 2.45) is 0 Å². The zero-order valence-corrected chi connectivity index (χ0v) is 12.2. The maximum absolute atomic E-state index is 14.2. The summed E-state index contributed by atoms with van der Waals surface area (Å²) in [7, 11) is 0. The molecule has 0 bridgehead atoms. The van der Waals surface area contributed by atoms with Gasteiger partial charge in [0.1, 0.15) is 11.5 Å². The van der Waals surface area contributed by atoms with Crippen LogP contribution in [0, 0.1) is 5.82 Å². The number of carbonyl (C=O) groups excluding carboxylic acids is 1. The molecule has 3 aromatic rings. The van der Waals surface area contributed by atoms with Crippen LogP contribution in [0.1, 0.15) is 5.69 Å². The van der Waals surface area contributed by atoms with Crippen LogP contribution in [0.2, 0.25) is 0 Å². The van der Waals surface area contributed by atoms with Gasteiger partial charge in [0.2, 0.25) is 0 Å². The number of nitrogens with one attached hydrogen (secondary N) is 1. The third-order valence-corrected chi connectivity index (χ3v) is 3.20. The summed E-state index contributed by atoms with van der Waals surface area (Å²) in [6.07, 6.45) is 5.16. The Hall–Kier alpha value is -2.61. The molecule has 0 atom stereocenters. The second kappa shape index (κ2) is 6.02. The zero-order chi connectivity index (χ0) is 15.5. The van der Waals surface area contributed by atoms with E-state index in [0.29, 0.717) is 17.1 Å². The lowest BCUT2D eigenvalue weighted by atomic mass is 10.2. The van der Waals surface area contributed by atoms with Crippen molar-refractivity contribution in [3.8, 4) is 11.4 Å². The second-order valence-electron chi connectivity index (χ2n) is 4.54. The van der Waals surface area contributed by atoms with Gasteiger partial charge in [0, 0.05) is 18.5 Å². The van der Waals surface area contributed by atoms with Crippen LogP contribution in [0.3, 0.4) is 0 Å². The van der Waals surface area contributed by atoms with Crippen LogP contribution in [0.15, 0.2) is 48.9 Å². The van der Waals surface area contributed by atoms with Gasteiger partial charge in [-0.3, -0.25) is 4.79 Å². The number of benzene rings is 1. The molecule has 1 aromatic carbocycles. The van der Waals surface area contributed by atoms with Crippen molar-refractivity contribution in [2.45, 2.75) is 6.54 Å². The van der Waals surface area contributed by atoms with Gasteiger partial charge in [-0.2, -0.15) is 0 Å². The molecule has 0 saturated heterocycles. The standard InChI is InChI=1S/C14H12FN5OS/c15-12-7-11(3-4-13(12)19-5-1-2-6-19)20-9-10(17-18-20)8-16-14(21)22/h1-7,9H,8H2,(H2,16,21,22). The van der Waals surface area contributed by atoms with Crippen molar-refractivity contribution in [3.05, 3.63) is 60.4 Å². The van der Waals surface area contributed by atoms with E-state index in [1.54, 1.807) is 35.3 Å². The molecular weight excluding hydrogens is 305 g/mol. The predicted octanol–water partition coefficient (Wildman–Crippen LogP) is 2.34. The molecule has 0 aliphatic carbocycles. The van der Waals surface area contributed by atoms with Crippen molar-refractivity contribution in [1.29, 1.82) is 0 Å². The highest BCUT2D eigenvalue weighted by molar-refractivity contribution is 7.96. The van der Waals surface area contributed by atoms with Crippen LogP contribution >= 0.6 is 12.6 Å². The number of aromatic nitrogens is 4. The summed E-state index contributed by atoms with van der Waals surface area (Å²) < 4.78 is 17.3. The first kappa shape index (κ1) is 14.3. The number of halogens is 1. The largest absolute Gasteiger partial charge is 0.341 e. The molecular formula is C14H12FN5OS. The van der Waals surface area contributed by atoms with Gasteiger partial charge in [-0.05, 0) is 24.3 Å². The fourth-order valence-electron chi connectivity index (χ4n) is 2.01. The lowest BCUT2D eigenvalue weighted by Gasteiger charge is -2.06. The SMILES string of the molecule is O=C(S)NCc1cn(-c2ccc(-n3cccc3)c(F)c2)nn1. The molecule has 0 spiro atoms. The molecule has 6 nitrogen and oxygen atoms in total. The molecule has 0 aliphatic rings. The maximum Gasteiger partial charge on any atom is 0.276 e. The van der Waals surface area contributed by atoms with Crippen LogP contribution in [0.4, 0.5) is 9.18 Å². The normalized spacial score (nSPS) is 10.6. The molecule has 0 unspecified atom stereocenters. The van der Waals surface area contributed by atoms with E-state index in [2.05, 4.69) is 28.3 Å². The van der Waals surface area contributed by atoms with Crippen LogP contribution < -0.4 is 5.32 Å². The van der Waals surface area contributed by atoms with E-state index < -0.39 is 5.24 Å². The summed E-state index contributed by atoms with van der Waals surface area (Å²) in [5.74, 6) is -0.366. The highest BCUT2D eigenvalue weighted by atomic mass is 32.1. The van der Waals surface area contributed by atoms with Gasteiger partial charge in [-0.25, -0.2) is 9.07 Å². The Morgan fingerprint density at radius 3 is 2.77 bits per heavy atom. The van der Waals surface area contributed by atoms with Crippen LogP contribution in [-0.2, 0) is 6.54 Å². The molecule has 8 heteroatoms. The van der Waals surface area contributed by atoms with Gasteiger partial charge in [0.15, 0.2) is 0 Å². The second-order valence-corrected chi connectivity index (χ2v) is 4.95. The summed E-state index contributed by atoms with van der Waals surface area (Å²) in [5, 5.41) is 9.87. The van der Waals surface area contributed by atoms with Crippen LogP contribution in [-0.4, -0.2) is 24.8 Å². The summed E-state index contributed by atoms with van der Waals surface area (Å²) in [6.45, 7) is 0.215. The topological polar surface area (TPSA) is 64.7 Å². The average molecular weight is 317 g/mol. The molecule has 0 fully saturated rings.